The average molecular weight is 240 g/mol. The van der Waals surface area contributed by atoms with Crippen LogP contribution in [0.4, 0.5) is 0 Å². The largest absolute Gasteiger partial charge is 0.418 e. The second kappa shape index (κ2) is 6.18. The van der Waals surface area contributed by atoms with E-state index in [4.69, 9.17) is 4.74 Å². The first kappa shape index (κ1) is 13.4. The Kier molecular flexibility index (Phi) is 4.87. The van der Waals surface area contributed by atoms with Gasteiger partial charge < -0.3 is 9.47 Å². The molecule has 0 saturated heterocycles. The molecule has 0 atom stereocenters. The summed E-state index contributed by atoms with van der Waals surface area (Å²) >= 11 is 0. The zero-order valence-corrected chi connectivity index (χ0v) is 10.1. The summed E-state index contributed by atoms with van der Waals surface area (Å²) in [5, 5.41) is 0. The van der Waals surface area contributed by atoms with Crippen LogP contribution in [0.1, 0.15) is 46.0 Å². The smallest absolute Gasteiger partial charge is 0.382 e. The lowest BCUT2D eigenvalue weighted by Gasteiger charge is -2.01. The summed E-state index contributed by atoms with van der Waals surface area (Å²) in [6, 6.07) is 0. The molecule has 0 aromatic rings. The third-order valence-electron chi connectivity index (χ3n) is 2.42. The first-order chi connectivity index (χ1) is 8.06. The second-order valence-electron chi connectivity index (χ2n) is 3.89. The van der Waals surface area contributed by atoms with Gasteiger partial charge in [-0.15, -0.1) is 0 Å². The van der Waals surface area contributed by atoms with E-state index in [-0.39, 0.29) is 11.3 Å². The molecule has 1 aliphatic heterocycles. The molecule has 0 saturated carbocycles. The minimum Gasteiger partial charge on any atom is -0.418 e. The summed E-state index contributed by atoms with van der Waals surface area (Å²) in [7, 11) is 0. The number of rotatable bonds is 6. The monoisotopic (exact) mass is 240 g/mol. The zero-order chi connectivity index (χ0) is 12.8. The van der Waals surface area contributed by atoms with Gasteiger partial charge >= 0.3 is 17.9 Å². The van der Waals surface area contributed by atoms with Crippen molar-refractivity contribution in [3.63, 3.8) is 0 Å². The van der Waals surface area contributed by atoms with Gasteiger partial charge in [-0.25, -0.2) is 9.59 Å². The molecule has 0 spiro atoms. The van der Waals surface area contributed by atoms with E-state index in [0.717, 1.165) is 25.7 Å². The molecule has 0 fully saturated rings. The molecule has 1 heterocycles. The van der Waals surface area contributed by atoms with Gasteiger partial charge in [-0.1, -0.05) is 26.2 Å². The molecular weight excluding hydrogens is 224 g/mol. The van der Waals surface area contributed by atoms with Crippen molar-refractivity contribution in [3.8, 4) is 0 Å². The number of hydrogen-bond donors (Lipinski definition) is 0. The third-order valence-corrected chi connectivity index (χ3v) is 2.42. The van der Waals surface area contributed by atoms with Crippen LogP contribution in [-0.2, 0) is 23.9 Å². The molecule has 0 aromatic carbocycles. The number of ether oxygens (including phenoxy) is 2. The molecule has 0 N–H and O–H groups in total. The summed E-state index contributed by atoms with van der Waals surface area (Å²) in [6.45, 7) is 3.26. The molecule has 1 rings (SSSR count). The van der Waals surface area contributed by atoms with Crippen LogP contribution in [0.25, 0.3) is 0 Å². The van der Waals surface area contributed by atoms with Crippen molar-refractivity contribution >= 4 is 17.9 Å². The lowest BCUT2D eigenvalue weighted by molar-refractivity contribution is -0.155. The Balaban J connectivity index is 2.67. The van der Waals surface area contributed by atoms with E-state index in [9.17, 15) is 14.4 Å². The standard InChI is InChI=1S/C12H16O5/c1-3-4-5-6-7-9-10(16-8(2)13)12(15)17-11(9)14/h3-7H2,1-2H3. The molecule has 0 aromatic heterocycles. The van der Waals surface area contributed by atoms with Crippen molar-refractivity contribution < 1.29 is 23.9 Å². The Bertz CT molecular complexity index is 367. The van der Waals surface area contributed by atoms with Gasteiger partial charge in [-0.2, -0.15) is 0 Å². The van der Waals surface area contributed by atoms with Gasteiger partial charge in [0.15, 0.2) is 0 Å². The van der Waals surface area contributed by atoms with Gasteiger partial charge in [0, 0.05) is 6.92 Å². The van der Waals surface area contributed by atoms with Crippen molar-refractivity contribution in [2.75, 3.05) is 0 Å². The van der Waals surface area contributed by atoms with E-state index in [2.05, 4.69) is 11.7 Å². The van der Waals surface area contributed by atoms with Gasteiger partial charge in [0.2, 0.25) is 5.76 Å². The van der Waals surface area contributed by atoms with Gasteiger partial charge in [-0.3, -0.25) is 4.79 Å². The van der Waals surface area contributed by atoms with E-state index in [1.165, 1.54) is 6.92 Å². The molecule has 0 radical (unpaired) electrons. The second-order valence-corrected chi connectivity index (χ2v) is 3.89. The Morgan fingerprint density at radius 3 is 2.47 bits per heavy atom. The van der Waals surface area contributed by atoms with Crippen LogP contribution >= 0.6 is 0 Å². The molecule has 0 aliphatic carbocycles. The maximum Gasteiger partial charge on any atom is 0.382 e. The summed E-state index contributed by atoms with van der Waals surface area (Å²) in [5.74, 6) is -2.42. The fourth-order valence-electron chi connectivity index (χ4n) is 1.60. The molecule has 0 amide bonds. The van der Waals surface area contributed by atoms with E-state index in [0.29, 0.717) is 6.42 Å². The highest BCUT2D eigenvalue weighted by atomic mass is 16.6. The van der Waals surface area contributed by atoms with E-state index in [1.807, 2.05) is 0 Å². The summed E-state index contributed by atoms with van der Waals surface area (Å²) in [6.07, 6.45) is 4.30. The average Bonchev–Trinajstić information content (AvgIpc) is 2.50. The van der Waals surface area contributed by atoms with Crippen LogP contribution in [0.2, 0.25) is 0 Å². The molecule has 5 heteroatoms. The van der Waals surface area contributed by atoms with Crippen LogP contribution in [0.15, 0.2) is 11.3 Å². The van der Waals surface area contributed by atoms with Crippen LogP contribution in [0.5, 0.6) is 0 Å². The summed E-state index contributed by atoms with van der Waals surface area (Å²) in [4.78, 5) is 33.4. The molecule has 94 valence electrons. The third kappa shape index (κ3) is 3.69. The molecule has 0 bridgehead atoms. The fourth-order valence-corrected chi connectivity index (χ4v) is 1.60. The Labute approximate surface area is 99.8 Å². The molecule has 17 heavy (non-hydrogen) atoms. The van der Waals surface area contributed by atoms with Crippen LogP contribution in [0, 0.1) is 0 Å². The number of esters is 3. The Morgan fingerprint density at radius 2 is 1.88 bits per heavy atom. The Morgan fingerprint density at radius 1 is 1.18 bits per heavy atom. The predicted octanol–water partition coefficient (Wildman–Crippen LogP) is 1.86. The quantitative estimate of drug-likeness (QED) is 0.402. The van der Waals surface area contributed by atoms with Gasteiger partial charge in [-0.05, 0) is 12.8 Å². The maximum absolute atomic E-state index is 11.3. The number of carbonyl (C=O) groups excluding carboxylic acids is 3. The van der Waals surface area contributed by atoms with Gasteiger partial charge in [0.1, 0.15) is 0 Å². The fraction of sp³-hybridized carbons (Fsp3) is 0.583. The van der Waals surface area contributed by atoms with E-state index < -0.39 is 17.9 Å². The number of carbonyl (C=O) groups is 3. The topological polar surface area (TPSA) is 69.7 Å². The Hall–Kier alpha value is -1.65. The lowest BCUT2D eigenvalue weighted by atomic mass is 10.1. The molecule has 1 aliphatic rings. The highest BCUT2D eigenvalue weighted by Crippen LogP contribution is 2.24. The van der Waals surface area contributed by atoms with Crippen molar-refractivity contribution in [2.24, 2.45) is 0 Å². The number of unbranched alkanes of at least 4 members (excludes halogenated alkanes) is 3. The predicted molar refractivity (Wildman–Crippen MR) is 58.7 cm³/mol. The van der Waals surface area contributed by atoms with Crippen LogP contribution < -0.4 is 0 Å². The zero-order valence-electron chi connectivity index (χ0n) is 10.1. The van der Waals surface area contributed by atoms with Crippen molar-refractivity contribution in [1.82, 2.24) is 0 Å². The first-order valence-corrected chi connectivity index (χ1v) is 5.74. The summed E-state index contributed by atoms with van der Waals surface area (Å²) < 4.78 is 9.12. The highest BCUT2D eigenvalue weighted by Gasteiger charge is 2.35. The maximum atomic E-state index is 11.3. The molecular formula is C12H16O5. The first-order valence-electron chi connectivity index (χ1n) is 5.74. The highest BCUT2D eigenvalue weighted by molar-refractivity contribution is 6.11. The van der Waals surface area contributed by atoms with Crippen molar-refractivity contribution in [3.05, 3.63) is 11.3 Å². The van der Waals surface area contributed by atoms with E-state index in [1.54, 1.807) is 0 Å². The van der Waals surface area contributed by atoms with Gasteiger partial charge in [0.05, 0.1) is 5.57 Å². The van der Waals surface area contributed by atoms with Crippen molar-refractivity contribution in [1.29, 1.82) is 0 Å². The van der Waals surface area contributed by atoms with E-state index >= 15 is 0 Å². The molecule has 0 unspecified atom stereocenters. The number of hydrogen-bond acceptors (Lipinski definition) is 5. The van der Waals surface area contributed by atoms with Crippen LogP contribution in [-0.4, -0.2) is 17.9 Å². The molecule has 5 nitrogen and oxygen atoms in total. The van der Waals surface area contributed by atoms with Gasteiger partial charge in [0.25, 0.3) is 0 Å². The minimum atomic E-state index is -0.865. The minimum absolute atomic E-state index is 0.182. The summed E-state index contributed by atoms with van der Waals surface area (Å²) in [5.41, 5.74) is 0.182. The SMILES string of the molecule is CCCCCCC1=C(OC(C)=O)C(=O)OC1=O. The number of cyclic esters (lactones) is 2. The van der Waals surface area contributed by atoms with Crippen LogP contribution in [0.3, 0.4) is 0 Å². The lowest BCUT2D eigenvalue weighted by Crippen LogP contribution is -2.07. The van der Waals surface area contributed by atoms with Crippen molar-refractivity contribution in [2.45, 2.75) is 46.0 Å². The normalized spacial score (nSPS) is 15.2.